The van der Waals surface area contributed by atoms with Crippen LogP contribution in [0.2, 0.25) is 0 Å². The summed E-state index contributed by atoms with van der Waals surface area (Å²) < 4.78 is 31.4. The highest BCUT2D eigenvalue weighted by Crippen LogP contribution is 2.41. The summed E-state index contributed by atoms with van der Waals surface area (Å²) in [6.45, 7) is 2.13. The highest BCUT2D eigenvalue weighted by atomic mass is 19.1. The number of fused-ring (bicyclic) bond motifs is 3. The van der Waals surface area contributed by atoms with Gasteiger partial charge in [0, 0.05) is 23.5 Å². The zero-order valence-corrected chi connectivity index (χ0v) is 15.5. The van der Waals surface area contributed by atoms with Crippen molar-refractivity contribution >= 4 is 5.52 Å². The second-order valence-corrected chi connectivity index (χ2v) is 7.53. The lowest BCUT2D eigenvalue weighted by molar-refractivity contribution is 0.330. The Kier molecular flexibility index (Phi) is 4.00. The number of benzene rings is 1. The Morgan fingerprint density at radius 1 is 1.11 bits per heavy atom. The Hall–Kier alpha value is -3.02. The van der Waals surface area contributed by atoms with Crippen LogP contribution in [0.4, 0.5) is 8.78 Å². The van der Waals surface area contributed by atoms with E-state index in [9.17, 15) is 8.78 Å². The molecule has 1 aliphatic carbocycles. The summed E-state index contributed by atoms with van der Waals surface area (Å²) >= 11 is 0. The average Bonchev–Trinajstić information content (AvgIpc) is 3.29. The van der Waals surface area contributed by atoms with Crippen molar-refractivity contribution in [1.82, 2.24) is 19.4 Å². The van der Waals surface area contributed by atoms with Crippen LogP contribution in [0.1, 0.15) is 47.8 Å². The van der Waals surface area contributed by atoms with E-state index in [0.717, 1.165) is 35.3 Å². The summed E-state index contributed by atoms with van der Waals surface area (Å²) in [7, 11) is 0. The summed E-state index contributed by atoms with van der Waals surface area (Å²) in [6, 6.07) is 13.9. The van der Waals surface area contributed by atoms with E-state index in [2.05, 4.69) is 23.3 Å². The smallest absolute Gasteiger partial charge is 0.198 e. The molecule has 6 heteroatoms. The molecule has 142 valence electrons. The van der Waals surface area contributed by atoms with Crippen LogP contribution in [-0.2, 0) is 12.8 Å². The second kappa shape index (κ2) is 6.55. The highest BCUT2D eigenvalue weighted by molar-refractivity contribution is 5.55. The van der Waals surface area contributed by atoms with Crippen molar-refractivity contribution in [3.63, 3.8) is 0 Å². The maximum absolute atomic E-state index is 14.5. The maximum atomic E-state index is 14.5. The number of hydrogen-bond acceptors (Lipinski definition) is 2. The van der Waals surface area contributed by atoms with Gasteiger partial charge >= 0.3 is 0 Å². The molecule has 0 N–H and O–H groups in total. The van der Waals surface area contributed by atoms with Crippen molar-refractivity contribution in [2.45, 2.75) is 38.1 Å². The SMILES string of the molecule is CC1c2c(cc3cccc(F)n23)CCC1n1nncc1Cc1ccc(F)cc1. The van der Waals surface area contributed by atoms with Gasteiger partial charge in [0.25, 0.3) is 0 Å². The molecule has 0 amide bonds. The lowest BCUT2D eigenvalue weighted by atomic mass is 9.84. The number of pyridine rings is 1. The first-order valence-corrected chi connectivity index (χ1v) is 9.54. The van der Waals surface area contributed by atoms with Gasteiger partial charge in [-0.05, 0) is 54.3 Å². The van der Waals surface area contributed by atoms with Crippen LogP contribution >= 0.6 is 0 Å². The van der Waals surface area contributed by atoms with Gasteiger partial charge in [0.1, 0.15) is 5.82 Å². The van der Waals surface area contributed by atoms with Crippen molar-refractivity contribution in [3.8, 4) is 0 Å². The molecule has 0 spiro atoms. The minimum Gasteiger partial charge on any atom is -0.290 e. The standard InChI is InChI=1S/C22H20F2N4/c1-14-20(10-7-16-12-18-3-2-4-21(24)27(18)22(14)16)28-19(13-25-26-28)11-15-5-8-17(23)9-6-15/h2-6,8-9,12-14,20H,7,10-11H2,1H3. The Morgan fingerprint density at radius 2 is 1.93 bits per heavy atom. The molecular formula is C22H20F2N4. The van der Waals surface area contributed by atoms with E-state index >= 15 is 0 Å². The molecule has 3 aromatic heterocycles. The minimum absolute atomic E-state index is 0.0943. The lowest BCUT2D eigenvalue weighted by Gasteiger charge is -2.31. The Balaban J connectivity index is 1.51. The van der Waals surface area contributed by atoms with E-state index in [0.29, 0.717) is 6.42 Å². The number of nitrogens with zero attached hydrogens (tertiary/aromatic N) is 4. The van der Waals surface area contributed by atoms with Crippen molar-refractivity contribution in [3.05, 3.63) is 89.0 Å². The zero-order valence-electron chi connectivity index (χ0n) is 15.5. The summed E-state index contributed by atoms with van der Waals surface area (Å²) in [5.74, 6) is -0.390. The topological polar surface area (TPSA) is 35.1 Å². The van der Waals surface area contributed by atoms with Gasteiger partial charge in [-0.2, -0.15) is 4.39 Å². The molecule has 0 saturated carbocycles. The van der Waals surface area contributed by atoms with Gasteiger partial charge in [-0.3, -0.25) is 4.40 Å². The van der Waals surface area contributed by atoms with E-state index in [1.165, 1.54) is 23.8 Å². The molecule has 2 atom stereocenters. The molecule has 0 radical (unpaired) electrons. The predicted octanol–water partition coefficient (Wildman–Crippen LogP) is 4.69. The highest BCUT2D eigenvalue weighted by Gasteiger charge is 2.32. The third-order valence-corrected chi connectivity index (χ3v) is 5.84. The van der Waals surface area contributed by atoms with Gasteiger partial charge in [-0.15, -0.1) is 5.10 Å². The van der Waals surface area contributed by atoms with Crippen LogP contribution in [-0.4, -0.2) is 19.4 Å². The number of aromatic nitrogens is 4. The van der Waals surface area contributed by atoms with Gasteiger partial charge in [-0.1, -0.05) is 30.3 Å². The molecule has 0 saturated heterocycles. The van der Waals surface area contributed by atoms with Gasteiger partial charge in [0.2, 0.25) is 0 Å². The van der Waals surface area contributed by atoms with E-state index in [1.54, 1.807) is 28.8 Å². The molecule has 5 rings (SSSR count). The molecule has 3 heterocycles. The summed E-state index contributed by atoms with van der Waals surface area (Å²) in [6.07, 6.45) is 4.20. The number of rotatable bonds is 3. The van der Waals surface area contributed by atoms with Crippen LogP contribution in [0.15, 0.2) is 54.7 Å². The van der Waals surface area contributed by atoms with Gasteiger partial charge in [0.05, 0.1) is 17.9 Å². The van der Waals surface area contributed by atoms with Crippen molar-refractivity contribution in [2.75, 3.05) is 0 Å². The molecule has 4 nitrogen and oxygen atoms in total. The third kappa shape index (κ3) is 2.71. The molecule has 0 aliphatic heterocycles. The van der Waals surface area contributed by atoms with Gasteiger partial charge in [0.15, 0.2) is 5.95 Å². The molecule has 4 aromatic rings. The molecule has 0 fully saturated rings. The first-order valence-electron chi connectivity index (χ1n) is 9.54. The van der Waals surface area contributed by atoms with Crippen molar-refractivity contribution in [2.24, 2.45) is 0 Å². The largest absolute Gasteiger partial charge is 0.290 e. The quantitative estimate of drug-likeness (QED) is 0.485. The van der Waals surface area contributed by atoms with Gasteiger partial charge < -0.3 is 0 Å². The molecular weight excluding hydrogens is 358 g/mol. The maximum Gasteiger partial charge on any atom is 0.198 e. The third-order valence-electron chi connectivity index (χ3n) is 5.84. The first kappa shape index (κ1) is 17.1. The number of halogens is 2. The van der Waals surface area contributed by atoms with E-state index in [1.807, 2.05) is 10.7 Å². The monoisotopic (exact) mass is 378 g/mol. The van der Waals surface area contributed by atoms with E-state index in [4.69, 9.17) is 0 Å². The zero-order chi connectivity index (χ0) is 19.3. The lowest BCUT2D eigenvalue weighted by Crippen LogP contribution is -2.25. The molecule has 0 bridgehead atoms. The minimum atomic E-state index is -0.244. The first-order chi connectivity index (χ1) is 13.6. The Labute approximate surface area is 161 Å². The van der Waals surface area contributed by atoms with E-state index in [-0.39, 0.29) is 23.7 Å². The van der Waals surface area contributed by atoms with Crippen LogP contribution in [0.3, 0.4) is 0 Å². The molecule has 1 aromatic carbocycles. The van der Waals surface area contributed by atoms with Crippen LogP contribution < -0.4 is 0 Å². The fourth-order valence-electron chi connectivity index (χ4n) is 4.51. The number of hydrogen-bond donors (Lipinski definition) is 0. The van der Waals surface area contributed by atoms with Crippen LogP contribution in [0.5, 0.6) is 0 Å². The summed E-state index contributed by atoms with van der Waals surface area (Å²) in [4.78, 5) is 0. The van der Waals surface area contributed by atoms with Gasteiger partial charge in [-0.25, -0.2) is 9.07 Å². The average molecular weight is 378 g/mol. The summed E-state index contributed by atoms with van der Waals surface area (Å²) in [5.41, 5.74) is 5.10. The molecule has 28 heavy (non-hydrogen) atoms. The summed E-state index contributed by atoms with van der Waals surface area (Å²) in [5, 5.41) is 8.48. The Bertz CT molecular complexity index is 1140. The van der Waals surface area contributed by atoms with Crippen LogP contribution in [0.25, 0.3) is 5.52 Å². The normalized spacial score (nSPS) is 19.1. The fourth-order valence-corrected chi connectivity index (χ4v) is 4.51. The Morgan fingerprint density at radius 3 is 2.75 bits per heavy atom. The molecule has 1 aliphatic rings. The van der Waals surface area contributed by atoms with Crippen molar-refractivity contribution in [1.29, 1.82) is 0 Å². The second-order valence-electron chi connectivity index (χ2n) is 7.53. The fraction of sp³-hybridized carbons (Fsp3) is 0.273. The predicted molar refractivity (Wildman–Crippen MR) is 102 cm³/mol. The number of aryl methyl sites for hydroxylation is 1. The van der Waals surface area contributed by atoms with E-state index < -0.39 is 0 Å². The molecule has 2 unspecified atom stereocenters. The van der Waals surface area contributed by atoms with Crippen LogP contribution in [0, 0.1) is 11.8 Å². The van der Waals surface area contributed by atoms with Crippen molar-refractivity contribution < 1.29 is 8.78 Å².